The highest BCUT2D eigenvalue weighted by molar-refractivity contribution is 6.30. The van der Waals surface area contributed by atoms with Crippen molar-refractivity contribution in [2.75, 3.05) is 26.2 Å². The van der Waals surface area contributed by atoms with E-state index in [1.54, 1.807) is 29.2 Å². The molecule has 1 saturated heterocycles. The largest absolute Gasteiger partial charge is 0.456 e. The molecular weight excluding hydrogens is 428 g/mol. The van der Waals surface area contributed by atoms with E-state index in [4.69, 9.17) is 16.3 Å². The summed E-state index contributed by atoms with van der Waals surface area (Å²) >= 11 is 5.81. The molecule has 3 rings (SSSR count). The lowest BCUT2D eigenvalue weighted by atomic mass is 9.90. The van der Waals surface area contributed by atoms with Gasteiger partial charge in [-0.3, -0.25) is 14.4 Å². The van der Waals surface area contributed by atoms with E-state index in [0.29, 0.717) is 42.6 Å². The maximum atomic E-state index is 12.3. The third-order valence-electron chi connectivity index (χ3n) is 5.64. The Morgan fingerprint density at radius 2 is 1.69 bits per heavy atom. The molecule has 6 nitrogen and oxygen atoms in total. The van der Waals surface area contributed by atoms with Crippen LogP contribution in [0.15, 0.2) is 54.6 Å². The highest BCUT2D eigenvalue weighted by Gasteiger charge is 2.23. The van der Waals surface area contributed by atoms with Crippen molar-refractivity contribution in [3.63, 3.8) is 0 Å². The Morgan fingerprint density at radius 3 is 2.38 bits per heavy atom. The molecule has 0 radical (unpaired) electrons. The first-order valence-electron chi connectivity index (χ1n) is 11.0. The molecule has 0 bridgehead atoms. The third-order valence-corrected chi connectivity index (χ3v) is 5.89. The number of hydrogen-bond donors (Lipinski definition) is 1. The summed E-state index contributed by atoms with van der Waals surface area (Å²) < 4.78 is 5.13. The predicted octanol–water partition coefficient (Wildman–Crippen LogP) is 3.87. The van der Waals surface area contributed by atoms with Gasteiger partial charge in [-0.2, -0.15) is 0 Å². The topological polar surface area (TPSA) is 75.7 Å². The molecule has 0 spiro atoms. The van der Waals surface area contributed by atoms with E-state index in [0.717, 1.165) is 19.3 Å². The molecule has 32 heavy (non-hydrogen) atoms. The van der Waals surface area contributed by atoms with Gasteiger partial charge in [-0.15, -0.1) is 0 Å². The highest BCUT2D eigenvalue weighted by Crippen LogP contribution is 2.21. The molecule has 2 amide bonds. The first kappa shape index (κ1) is 23.8. The van der Waals surface area contributed by atoms with Crippen molar-refractivity contribution in [2.45, 2.75) is 32.1 Å². The lowest BCUT2D eigenvalue weighted by Gasteiger charge is -2.32. The van der Waals surface area contributed by atoms with Gasteiger partial charge >= 0.3 is 5.97 Å². The summed E-state index contributed by atoms with van der Waals surface area (Å²) in [7, 11) is 0. The zero-order chi connectivity index (χ0) is 22.8. The van der Waals surface area contributed by atoms with Gasteiger partial charge in [-0.05, 0) is 61.4 Å². The van der Waals surface area contributed by atoms with Crippen LogP contribution in [0.3, 0.4) is 0 Å². The maximum Gasteiger partial charge on any atom is 0.306 e. The molecule has 7 heteroatoms. The van der Waals surface area contributed by atoms with Crippen molar-refractivity contribution in [2.24, 2.45) is 5.92 Å². The summed E-state index contributed by atoms with van der Waals surface area (Å²) in [4.78, 5) is 38.0. The second kappa shape index (κ2) is 12.2. The molecule has 1 heterocycles. The summed E-state index contributed by atoms with van der Waals surface area (Å²) in [6.45, 7) is 1.52. The maximum absolute atomic E-state index is 12.3. The van der Waals surface area contributed by atoms with Crippen LogP contribution < -0.4 is 5.32 Å². The number of amides is 2. The Bertz CT molecular complexity index is 894. The number of carbonyl (C=O) groups excluding carboxylic acids is 3. The Morgan fingerprint density at radius 1 is 1.00 bits per heavy atom. The van der Waals surface area contributed by atoms with Crippen LogP contribution in [0.5, 0.6) is 0 Å². The monoisotopic (exact) mass is 456 g/mol. The summed E-state index contributed by atoms with van der Waals surface area (Å²) in [6, 6.07) is 17.0. The van der Waals surface area contributed by atoms with Gasteiger partial charge in [0.1, 0.15) is 0 Å². The molecule has 0 atom stereocenters. The van der Waals surface area contributed by atoms with E-state index < -0.39 is 5.97 Å². The molecule has 0 aliphatic carbocycles. The Labute approximate surface area is 193 Å². The minimum absolute atomic E-state index is 0.146. The van der Waals surface area contributed by atoms with E-state index in [1.807, 2.05) is 6.07 Å². The van der Waals surface area contributed by atoms with Crippen molar-refractivity contribution in [3.8, 4) is 0 Å². The number of esters is 1. The van der Waals surface area contributed by atoms with Crippen LogP contribution in [0.2, 0.25) is 5.02 Å². The fourth-order valence-corrected chi connectivity index (χ4v) is 3.90. The number of nitrogens with one attached hydrogen (secondary N) is 1. The number of hydrogen-bond acceptors (Lipinski definition) is 4. The lowest BCUT2D eigenvalue weighted by Crippen LogP contribution is -2.41. The molecule has 170 valence electrons. The van der Waals surface area contributed by atoms with Gasteiger partial charge in [-0.1, -0.05) is 41.9 Å². The van der Waals surface area contributed by atoms with Crippen LogP contribution in [0.4, 0.5) is 0 Å². The summed E-state index contributed by atoms with van der Waals surface area (Å²) in [5, 5.41) is 3.31. The van der Waals surface area contributed by atoms with Crippen molar-refractivity contribution in [1.82, 2.24) is 10.2 Å². The van der Waals surface area contributed by atoms with E-state index in [9.17, 15) is 14.4 Å². The molecule has 2 aromatic rings. The lowest BCUT2D eigenvalue weighted by molar-refractivity contribution is -0.152. The molecule has 0 saturated carbocycles. The normalized spacial score (nSPS) is 14.1. The molecule has 1 N–H and O–H groups in total. The Balaban J connectivity index is 1.27. The molecule has 0 aromatic heterocycles. The molecule has 1 fully saturated rings. The second-order valence-corrected chi connectivity index (χ2v) is 8.48. The van der Waals surface area contributed by atoms with Gasteiger partial charge < -0.3 is 15.0 Å². The fourth-order valence-electron chi connectivity index (χ4n) is 3.78. The van der Waals surface area contributed by atoms with Crippen LogP contribution in [0, 0.1) is 5.92 Å². The predicted molar refractivity (Wildman–Crippen MR) is 123 cm³/mol. The first-order chi connectivity index (χ1) is 15.5. The minimum Gasteiger partial charge on any atom is -0.456 e. The van der Waals surface area contributed by atoms with E-state index in [1.165, 1.54) is 5.56 Å². The Hall–Kier alpha value is -2.86. The van der Waals surface area contributed by atoms with Gasteiger partial charge in [0.05, 0.1) is 0 Å². The second-order valence-electron chi connectivity index (χ2n) is 8.04. The van der Waals surface area contributed by atoms with Crippen LogP contribution >= 0.6 is 11.6 Å². The van der Waals surface area contributed by atoms with E-state index in [-0.39, 0.29) is 24.8 Å². The number of halogens is 1. The smallest absolute Gasteiger partial charge is 0.306 e. The molecule has 1 aliphatic rings. The van der Waals surface area contributed by atoms with Crippen LogP contribution in [0.25, 0.3) is 0 Å². The van der Waals surface area contributed by atoms with Crippen LogP contribution in [0.1, 0.15) is 41.6 Å². The van der Waals surface area contributed by atoms with Crippen LogP contribution in [-0.4, -0.2) is 48.9 Å². The highest BCUT2D eigenvalue weighted by atomic mass is 35.5. The number of piperidine rings is 1. The van der Waals surface area contributed by atoms with Gasteiger partial charge in [0.2, 0.25) is 0 Å². The van der Waals surface area contributed by atoms with Gasteiger partial charge in [0.15, 0.2) is 6.61 Å². The molecular formula is C25H29ClN2O4. The number of likely N-dealkylation sites (tertiary alicyclic amines) is 1. The number of carbonyl (C=O) groups is 3. The first-order valence-corrected chi connectivity index (χ1v) is 11.4. The summed E-state index contributed by atoms with van der Waals surface area (Å²) in [5.74, 6) is -0.224. The quantitative estimate of drug-likeness (QED) is 0.459. The summed E-state index contributed by atoms with van der Waals surface area (Å²) in [6.07, 6.45) is 3.54. The van der Waals surface area contributed by atoms with Gasteiger partial charge in [-0.25, -0.2) is 0 Å². The van der Waals surface area contributed by atoms with Crippen molar-refractivity contribution in [1.29, 1.82) is 0 Å². The van der Waals surface area contributed by atoms with Crippen LogP contribution in [-0.2, 0) is 20.7 Å². The van der Waals surface area contributed by atoms with Crippen molar-refractivity contribution in [3.05, 3.63) is 70.7 Å². The zero-order valence-corrected chi connectivity index (χ0v) is 18.9. The molecule has 2 aromatic carbocycles. The van der Waals surface area contributed by atoms with E-state index >= 15 is 0 Å². The van der Waals surface area contributed by atoms with Gasteiger partial charge in [0.25, 0.3) is 11.8 Å². The van der Waals surface area contributed by atoms with Gasteiger partial charge in [0, 0.05) is 36.6 Å². The van der Waals surface area contributed by atoms with Crippen molar-refractivity contribution >= 4 is 29.4 Å². The number of benzene rings is 2. The van der Waals surface area contributed by atoms with E-state index in [2.05, 4.69) is 29.6 Å². The minimum atomic E-state index is -0.432. The SMILES string of the molecule is O=C(CCCNC(=O)c1ccc(Cl)cc1)OCC(=O)N1CCC(Cc2ccccc2)CC1. The average Bonchev–Trinajstić information content (AvgIpc) is 2.82. The standard InChI is InChI=1S/C25H29ClN2O4/c26-22-10-8-21(9-11-22)25(31)27-14-4-7-24(30)32-18-23(29)28-15-12-20(13-16-28)17-19-5-2-1-3-6-19/h1-3,5-6,8-11,20H,4,7,12-18H2,(H,27,31). The number of ether oxygens (including phenoxy) is 1. The average molecular weight is 457 g/mol. The zero-order valence-electron chi connectivity index (χ0n) is 18.1. The summed E-state index contributed by atoms with van der Waals surface area (Å²) in [5.41, 5.74) is 1.84. The third kappa shape index (κ3) is 7.68. The number of nitrogens with zero attached hydrogens (tertiary/aromatic N) is 1. The fraction of sp³-hybridized carbons (Fsp3) is 0.400. The van der Waals surface area contributed by atoms with Crippen molar-refractivity contribution < 1.29 is 19.1 Å². The molecule has 0 unspecified atom stereocenters. The molecule has 1 aliphatic heterocycles. The number of rotatable bonds is 9. The Kier molecular flexibility index (Phi) is 9.11.